The molecular formula is C49H46F4N2O4S. The van der Waals surface area contributed by atoms with Gasteiger partial charge in [-0.1, -0.05) is 96.7 Å². The number of nitrogens with zero attached hydrogens (tertiary/aromatic N) is 2. The number of aromatic nitrogens is 1. The summed E-state index contributed by atoms with van der Waals surface area (Å²) in [5.74, 6) is -4.01. The number of ketones is 1. The molecule has 0 unspecified atom stereocenters. The van der Waals surface area contributed by atoms with Crippen LogP contribution in [-0.4, -0.2) is 42.0 Å². The molecule has 0 saturated heterocycles. The van der Waals surface area contributed by atoms with Gasteiger partial charge in [0.05, 0.1) is 5.52 Å². The quantitative estimate of drug-likeness (QED) is 0.0404. The van der Waals surface area contributed by atoms with E-state index in [9.17, 15) is 27.2 Å². The van der Waals surface area contributed by atoms with Gasteiger partial charge >= 0.3 is 18.3 Å². The molecule has 0 aliphatic heterocycles. The number of hydrogen-bond donors (Lipinski definition) is 0. The predicted molar refractivity (Wildman–Crippen MR) is 233 cm³/mol. The van der Waals surface area contributed by atoms with E-state index in [0.29, 0.717) is 28.3 Å². The lowest BCUT2D eigenvalue weighted by Gasteiger charge is -2.23. The molecule has 1 fully saturated rings. The Labute approximate surface area is 350 Å². The highest BCUT2D eigenvalue weighted by atomic mass is 32.1. The molecule has 1 saturated carbocycles. The molecule has 0 spiro atoms. The summed E-state index contributed by atoms with van der Waals surface area (Å²) in [6.45, 7) is 8.52. The molecule has 0 atom stereocenters. The number of para-hydroxylation sites is 1. The molecule has 0 radical (unpaired) electrons. The second-order valence-corrected chi connectivity index (χ2v) is 16.5. The number of oxime groups is 1. The lowest BCUT2D eigenvalue weighted by Crippen LogP contribution is -2.33. The van der Waals surface area contributed by atoms with Crippen LogP contribution in [0.1, 0.15) is 85.5 Å². The van der Waals surface area contributed by atoms with Gasteiger partial charge in [0.1, 0.15) is 10.6 Å². The molecule has 1 aliphatic rings. The number of benzene rings is 5. The number of aryl methyl sites for hydroxylation is 3. The highest BCUT2D eigenvalue weighted by Crippen LogP contribution is 2.40. The molecular weight excluding hydrogens is 789 g/mol. The molecule has 6 nitrogen and oxygen atoms in total. The van der Waals surface area contributed by atoms with E-state index in [0.717, 1.165) is 66.9 Å². The van der Waals surface area contributed by atoms with Crippen LogP contribution >= 0.6 is 11.3 Å². The lowest BCUT2D eigenvalue weighted by atomic mass is 9.89. The Bertz CT molecular complexity index is 2660. The number of fused-ring (bicyclic) bond motifs is 5. The zero-order chi connectivity index (χ0) is 42.6. The van der Waals surface area contributed by atoms with E-state index in [2.05, 4.69) is 57.7 Å². The van der Waals surface area contributed by atoms with Crippen LogP contribution in [0.15, 0.2) is 108 Å². The van der Waals surface area contributed by atoms with Crippen molar-refractivity contribution in [1.29, 1.82) is 0 Å². The molecule has 0 bridgehead atoms. The zero-order valence-electron chi connectivity index (χ0n) is 33.8. The van der Waals surface area contributed by atoms with Gasteiger partial charge in [0.15, 0.2) is 12.4 Å². The van der Waals surface area contributed by atoms with Crippen LogP contribution in [0.2, 0.25) is 0 Å². The summed E-state index contributed by atoms with van der Waals surface area (Å²) in [4.78, 5) is 30.1. The zero-order valence-corrected chi connectivity index (χ0v) is 34.6. The largest absolute Gasteiger partial charge is 0.487 e. The molecule has 2 heterocycles. The SMILES string of the molecule is C=NOC(=O)c1cccs1.Cc1cc(C)c(C(=O)c2cc3c4cc(Cc5ccccc5OCC(F)(F)C(F)F)ccc4n(CC4CCCCC4)c3c3ccccc23)c(C)c1. The van der Waals surface area contributed by atoms with Gasteiger partial charge in [-0.2, -0.15) is 8.78 Å². The van der Waals surface area contributed by atoms with E-state index in [-0.39, 0.29) is 11.5 Å². The molecule has 1 aliphatic carbocycles. The van der Waals surface area contributed by atoms with Crippen LogP contribution in [0.25, 0.3) is 32.6 Å². The van der Waals surface area contributed by atoms with Crippen LogP contribution in [-0.2, 0) is 17.8 Å². The number of rotatable bonds is 12. The average Bonchev–Trinajstić information content (AvgIpc) is 3.88. The van der Waals surface area contributed by atoms with Gasteiger partial charge < -0.3 is 14.1 Å². The minimum atomic E-state index is -4.25. The summed E-state index contributed by atoms with van der Waals surface area (Å²) < 4.78 is 60.9. The molecule has 2 aromatic heterocycles. The van der Waals surface area contributed by atoms with E-state index in [1.807, 2.05) is 45.0 Å². The van der Waals surface area contributed by atoms with Crippen LogP contribution in [0.4, 0.5) is 17.6 Å². The van der Waals surface area contributed by atoms with Crippen molar-refractivity contribution < 1.29 is 36.7 Å². The number of hydrogen-bond acceptors (Lipinski definition) is 6. The van der Waals surface area contributed by atoms with Crippen molar-refractivity contribution in [3.63, 3.8) is 0 Å². The van der Waals surface area contributed by atoms with Crippen molar-refractivity contribution in [3.05, 3.63) is 146 Å². The summed E-state index contributed by atoms with van der Waals surface area (Å²) in [5.41, 5.74) is 8.11. The van der Waals surface area contributed by atoms with E-state index in [4.69, 9.17) is 4.74 Å². The van der Waals surface area contributed by atoms with Crippen molar-refractivity contribution in [1.82, 2.24) is 4.57 Å². The normalized spacial score (nSPS) is 13.4. The molecule has 8 rings (SSSR count). The number of carbonyl (C=O) groups is 2. The molecule has 0 amide bonds. The first-order chi connectivity index (χ1) is 28.9. The Balaban J connectivity index is 0.000000478. The van der Waals surface area contributed by atoms with Crippen LogP contribution in [0.5, 0.6) is 5.75 Å². The van der Waals surface area contributed by atoms with Crippen LogP contribution in [0, 0.1) is 26.7 Å². The third-order valence-electron chi connectivity index (χ3n) is 11.2. The topological polar surface area (TPSA) is 69.9 Å². The highest BCUT2D eigenvalue weighted by Gasteiger charge is 2.42. The number of carbonyl (C=O) groups excluding carboxylic acids is 2. The monoisotopic (exact) mass is 834 g/mol. The van der Waals surface area contributed by atoms with E-state index in [1.54, 1.807) is 35.7 Å². The van der Waals surface area contributed by atoms with Gasteiger partial charge in [0.25, 0.3) is 0 Å². The van der Waals surface area contributed by atoms with Crippen molar-refractivity contribution in [2.24, 2.45) is 11.1 Å². The number of thiophene rings is 1. The Morgan fingerprint density at radius 1 is 0.850 bits per heavy atom. The van der Waals surface area contributed by atoms with E-state index < -0.39 is 24.9 Å². The van der Waals surface area contributed by atoms with Gasteiger partial charge in [-0.25, -0.2) is 13.6 Å². The standard InChI is InChI=1S/C43H41F4NO2.C6H5NO2S/c1-26-19-27(2)39(28(3)20-26)41(49)36-23-35-34-22-30(21-31-13-7-10-16-38(31)50-25-43(46,47)42(44)45)17-18-37(34)48(24-29-11-5-4-6-12-29)40(35)33-15-9-8-14-32(33)36;1-7-9-6(8)5-3-2-4-10-5/h7-10,13-20,22-23,29,42H,4-6,11-12,21,24-25H2,1-3H3;2-4H,1H2. The fourth-order valence-corrected chi connectivity index (χ4v) is 9.14. The Kier molecular flexibility index (Phi) is 12.8. The maximum atomic E-state index is 14.5. The summed E-state index contributed by atoms with van der Waals surface area (Å²) in [6.07, 6.45) is 2.63. The Hall–Kier alpha value is -5.81. The first-order valence-corrected chi connectivity index (χ1v) is 20.9. The van der Waals surface area contributed by atoms with Crippen molar-refractivity contribution in [3.8, 4) is 5.75 Å². The lowest BCUT2D eigenvalue weighted by molar-refractivity contribution is -0.148. The minimum Gasteiger partial charge on any atom is -0.487 e. The molecule has 11 heteroatoms. The Morgan fingerprint density at radius 2 is 1.55 bits per heavy atom. The summed E-state index contributed by atoms with van der Waals surface area (Å²) >= 11 is 1.31. The van der Waals surface area contributed by atoms with Crippen molar-refractivity contribution in [2.45, 2.75) is 78.2 Å². The Morgan fingerprint density at radius 3 is 2.23 bits per heavy atom. The molecule has 7 aromatic rings. The summed E-state index contributed by atoms with van der Waals surface area (Å²) in [6, 6.07) is 30.8. The second kappa shape index (κ2) is 18.2. The molecule has 5 aromatic carbocycles. The highest BCUT2D eigenvalue weighted by molar-refractivity contribution is 7.11. The fourth-order valence-electron chi connectivity index (χ4n) is 8.54. The average molecular weight is 835 g/mol. The number of ether oxygens (including phenoxy) is 1. The van der Waals surface area contributed by atoms with Gasteiger partial charge in [-0.15, -0.1) is 11.3 Å². The summed E-state index contributed by atoms with van der Waals surface area (Å²) in [5, 5.41) is 8.74. The fraction of sp³-hybridized carbons (Fsp3) is 0.286. The van der Waals surface area contributed by atoms with E-state index >= 15 is 0 Å². The minimum absolute atomic E-state index is 0.00545. The maximum absolute atomic E-state index is 14.5. The molecule has 0 N–H and O–H groups in total. The second-order valence-electron chi connectivity index (χ2n) is 15.6. The third-order valence-corrected chi connectivity index (χ3v) is 12.1. The van der Waals surface area contributed by atoms with Gasteiger partial charge in [-0.3, -0.25) is 4.79 Å². The van der Waals surface area contributed by atoms with Gasteiger partial charge in [-0.05, 0) is 103 Å². The maximum Gasteiger partial charge on any atom is 0.375 e. The smallest absolute Gasteiger partial charge is 0.375 e. The predicted octanol–water partition coefficient (Wildman–Crippen LogP) is 13.1. The molecule has 310 valence electrons. The van der Waals surface area contributed by atoms with E-state index in [1.165, 1.54) is 49.5 Å². The number of halogens is 4. The van der Waals surface area contributed by atoms with Crippen LogP contribution < -0.4 is 4.74 Å². The number of alkyl halides is 4. The third kappa shape index (κ3) is 9.01. The molecule has 60 heavy (non-hydrogen) atoms. The van der Waals surface area contributed by atoms with Gasteiger partial charge in [0, 0.05) is 52.5 Å². The van der Waals surface area contributed by atoms with Crippen molar-refractivity contribution >= 4 is 62.4 Å². The summed E-state index contributed by atoms with van der Waals surface area (Å²) in [7, 11) is 0. The first kappa shape index (κ1) is 42.3. The van der Waals surface area contributed by atoms with Crippen molar-refractivity contribution in [2.75, 3.05) is 6.61 Å². The van der Waals surface area contributed by atoms with Gasteiger partial charge in [0.2, 0.25) is 0 Å². The first-order valence-electron chi connectivity index (χ1n) is 20.0. The van der Waals surface area contributed by atoms with Crippen LogP contribution in [0.3, 0.4) is 0 Å².